The van der Waals surface area contributed by atoms with Gasteiger partial charge in [-0.25, -0.2) is 0 Å². The molecule has 0 bridgehead atoms. The molecule has 2 amide bonds. The Morgan fingerprint density at radius 2 is 1.46 bits per heavy atom. The summed E-state index contributed by atoms with van der Waals surface area (Å²) in [5, 5.41) is 2.08. The van der Waals surface area contributed by atoms with E-state index in [1.807, 2.05) is 30.3 Å². The number of Topliss-reactive ketones (excluding diaryl/α,β-unsaturated/α-hetero) is 1. The zero-order chi connectivity index (χ0) is 37.7. The van der Waals surface area contributed by atoms with Crippen molar-refractivity contribution in [2.24, 2.45) is 0 Å². The quantitative estimate of drug-likeness (QED) is 0.117. The van der Waals surface area contributed by atoms with Gasteiger partial charge in [0.05, 0.1) is 0 Å². The van der Waals surface area contributed by atoms with Gasteiger partial charge < -0.3 is 0 Å². The Bertz CT molecular complexity index is 1630. The van der Waals surface area contributed by atoms with Gasteiger partial charge in [0.2, 0.25) is 0 Å². The summed E-state index contributed by atoms with van der Waals surface area (Å²) in [6, 6.07) is 31.6. The standard InChI is InChI=1S/C40H54N2O6SSeSi2/c1-39(2,3)52(31-20-14-10-15-21-31,32-22-16-11-17-23-32)48-28-34(50-30-18-12-9-13-19-30)37(47-29-46-5)33-26-35(43)40(49-24-25-51(6,7)8)38(45)41(4)27-36(44)42(33)40/h9-23,33-34,37H,24-29H2,1-8H3/t33-,34?,37+,40+/m0/s1. The molecule has 0 aliphatic carbocycles. The van der Waals surface area contributed by atoms with Crippen molar-refractivity contribution in [3.8, 4) is 0 Å². The molecule has 0 radical (unpaired) electrons. The van der Waals surface area contributed by atoms with Crippen LogP contribution in [0.3, 0.4) is 0 Å². The Labute approximate surface area is 322 Å². The molecule has 52 heavy (non-hydrogen) atoms. The third-order valence-corrected chi connectivity index (χ3v) is 21.1. The maximum absolute atomic E-state index is 14.4. The van der Waals surface area contributed by atoms with Gasteiger partial charge >= 0.3 is 324 Å². The van der Waals surface area contributed by atoms with Gasteiger partial charge in [-0.15, -0.1) is 0 Å². The minimum atomic E-state index is -2.96. The van der Waals surface area contributed by atoms with Crippen molar-refractivity contribution in [3.05, 3.63) is 91.0 Å². The molecule has 3 aromatic carbocycles. The monoisotopic (exact) mass is 826 g/mol. The predicted molar refractivity (Wildman–Crippen MR) is 217 cm³/mol. The van der Waals surface area contributed by atoms with Crippen molar-refractivity contribution in [1.82, 2.24) is 9.80 Å². The van der Waals surface area contributed by atoms with Crippen LogP contribution in [0.2, 0.25) is 35.5 Å². The van der Waals surface area contributed by atoms with Gasteiger partial charge in [0, 0.05) is 0 Å². The summed E-state index contributed by atoms with van der Waals surface area (Å²) < 4.78 is 20.9. The number of rotatable bonds is 16. The second kappa shape index (κ2) is 16.9. The Kier molecular flexibility index (Phi) is 13.2. The number of carbonyl (C=O) groups excluding carboxylic acids is 3. The van der Waals surface area contributed by atoms with Crippen LogP contribution in [0.1, 0.15) is 27.2 Å². The van der Waals surface area contributed by atoms with E-state index in [4.69, 9.17) is 13.9 Å². The fourth-order valence-electron chi connectivity index (χ4n) is 7.41. The second-order valence-corrected chi connectivity index (χ2v) is 29.9. The van der Waals surface area contributed by atoms with Gasteiger partial charge in [0.15, 0.2) is 0 Å². The van der Waals surface area contributed by atoms with Crippen LogP contribution in [0.25, 0.3) is 0 Å². The Morgan fingerprint density at radius 3 is 1.98 bits per heavy atom. The molecule has 2 aliphatic heterocycles. The number of ether oxygens (including phenoxy) is 2. The van der Waals surface area contributed by atoms with Crippen molar-refractivity contribution < 1.29 is 28.3 Å². The first kappa shape index (κ1) is 40.6. The van der Waals surface area contributed by atoms with Crippen molar-refractivity contribution >= 4 is 75.5 Å². The number of hydrogen-bond donors (Lipinski definition) is 0. The SMILES string of the molecule is COCO[C@@H](C(CO[Si](c1ccccc1)(c1ccccc1)C(C)(C)C)[Se]c1ccccc1)[C@@H]1CC(=O)[C@@]2(SCC[Si](C)(C)C)C(=O)N(C)CC(=O)N12. The van der Waals surface area contributed by atoms with Crippen LogP contribution in [0.4, 0.5) is 0 Å². The van der Waals surface area contributed by atoms with Crippen LogP contribution < -0.4 is 14.8 Å². The van der Waals surface area contributed by atoms with E-state index in [0.717, 1.165) is 10.5 Å². The third-order valence-electron chi connectivity index (χ3n) is 9.92. The number of nitrogens with zero attached hydrogens (tertiary/aromatic N) is 2. The Morgan fingerprint density at radius 1 is 0.904 bits per heavy atom. The Balaban J connectivity index is 1.62. The number of carbonyl (C=O) groups is 3. The van der Waals surface area contributed by atoms with E-state index in [0.29, 0.717) is 12.4 Å². The number of thioether (sulfide) groups is 1. The summed E-state index contributed by atoms with van der Waals surface area (Å²) in [7, 11) is -1.26. The number of likely N-dealkylation sites (N-methyl/N-ethyl adjacent to an activating group) is 1. The average molecular weight is 826 g/mol. The molecular weight excluding hydrogens is 772 g/mol. The van der Waals surface area contributed by atoms with Gasteiger partial charge in [-0.2, -0.15) is 0 Å². The van der Waals surface area contributed by atoms with E-state index >= 15 is 0 Å². The molecule has 8 nitrogen and oxygen atoms in total. The molecule has 2 aliphatic rings. The van der Waals surface area contributed by atoms with Crippen LogP contribution in [0.5, 0.6) is 0 Å². The fourth-order valence-corrected chi connectivity index (χ4v) is 18.8. The molecule has 3 aromatic rings. The number of methoxy groups -OCH3 is 1. The first-order valence-corrected chi connectivity index (χ1v) is 26.4. The zero-order valence-corrected chi connectivity index (χ0v) is 36.3. The van der Waals surface area contributed by atoms with E-state index in [2.05, 4.69) is 101 Å². The molecular formula is C40H54N2O6SSeSi2. The van der Waals surface area contributed by atoms with Crippen LogP contribution in [-0.4, -0.2) is 116 Å². The summed E-state index contributed by atoms with van der Waals surface area (Å²) >= 11 is 1.13. The fraction of sp³-hybridized carbons (Fsp3) is 0.475. The van der Waals surface area contributed by atoms with Gasteiger partial charge in [0.1, 0.15) is 0 Å². The topological polar surface area (TPSA) is 85.4 Å². The number of ketones is 1. The van der Waals surface area contributed by atoms with E-state index in [-0.39, 0.29) is 62.2 Å². The number of benzene rings is 3. The molecule has 5 rings (SSSR count). The summed E-state index contributed by atoms with van der Waals surface area (Å²) in [6.07, 6.45) is -0.609. The number of hydrogen-bond acceptors (Lipinski definition) is 7. The van der Waals surface area contributed by atoms with Crippen LogP contribution in [0, 0.1) is 0 Å². The van der Waals surface area contributed by atoms with Crippen LogP contribution >= 0.6 is 11.8 Å². The van der Waals surface area contributed by atoms with Gasteiger partial charge in [-0.3, -0.25) is 0 Å². The molecule has 2 saturated heterocycles. The third kappa shape index (κ3) is 8.39. The number of piperazine rings is 1. The number of fused-ring (bicyclic) bond motifs is 1. The average Bonchev–Trinajstić information content (AvgIpc) is 3.40. The maximum atomic E-state index is 14.4. The van der Waals surface area contributed by atoms with Gasteiger partial charge in [-0.05, 0) is 0 Å². The molecule has 12 heteroatoms. The normalized spacial score (nSPS) is 21.0. The molecule has 2 fully saturated rings. The molecule has 280 valence electrons. The molecule has 1 unspecified atom stereocenters. The van der Waals surface area contributed by atoms with E-state index < -0.39 is 33.4 Å². The summed E-state index contributed by atoms with van der Waals surface area (Å²) in [5.74, 6) is -0.161. The summed E-state index contributed by atoms with van der Waals surface area (Å²) in [4.78, 5) is 44.0. The number of amides is 2. The molecule has 0 aromatic heterocycles. The van der Waals surface area contributed by atoms with Crippen molar-refractivity contribution in [2.75, 3.05) is 39.9 Å². The van der Waals surface area contributed by atoms with Gasteiger partial charge in [0.25, 0.3) is 0 Å². The summed E-state index contributed by atoms with van der Waals surface area (Å²) in [6.45, 7) is 13.8. The van der Waals surface area contributed by atoms with Crippen molar-refractivity contribution in [3.63, 3.8) is 0 Å². The first-order chi connectivity index (χ1) is 24.7. The van der Waals surface area contributed by atoms with Crippen LogP contribution in [0.15, 0.2) is 91.0 Å². The van der Waals surface area contributed by atoms with Crippen molar-refractivity contribution in [1.29, 1.82) is 0 Å². The van der Waals surface area contributed by atoms with Crippen LogP contribution in [-0.2, 0) is 28.3 Å². The first-order valence-electron chi connectivity index (χ1n) is 18.0. The van der Waals surface area contributed by atoms with E-state index in [1.54, 1.807) is 19.1 Å². The predicted octanol–water partition coefficient (Wildman–Crippen LogP) is 4.78. The van der Waals surface area contributed by atoms with E-state index in [9.17, 15) is 14.4 Å². The minimum absolute atomic E-state index is 0.0262. The molecule has 0 spiro atoms. The second-order valence-electron chi connectivity index (χ2n) is 15.9. The van der Waals surface area contributed by atoms with E-state index in [1.165, 1.54) is 27.0 Å². The molecule has 0 N–H and O–H groups in total. The van der Waals surface area contributed by atoms with Crippen molar-refractivity contribution in [2.45, 2.75) is 79.7 Å². The van der Waals surface area contributed by atoms with Gasteiger partial charge in [-0.1, -0.05) is 0 Å². The Hall–Kier alpha value is -2.55. The zero-order valence-electron chi connectivity index (χ0n) is 31.8. The molecule has 0 saturated carbocycles. The molecule has 2 heterocycles. The molecule has 4 atom stereocenters. The summed E-state index contributed by atoms with van der Waals surface area (Å²) in [5.41, 5.74) is 0.